The number of rotatable bonds is 7. The molecule has 12 heavy (non-hydrogen) atoms. The van der Waals surface area contributed by atoms with Gasteiger partial charge in [-0.2, -0.15) is 0 Å². The van der Waals surface area contributed by atoms with E-state index >= 15 is 0 Å². The first-order chi connectivity index (χ1) is 5.70. The fourth-order valence-corrected chi connectivity index (χ4v) is 1.83. The van der Waals surface area contributed by atoms with Gasteiger partial charge in [-0.15, -0.1) is 0 Å². The molecule has 1 atom stereocenters. The van der Waals surface area contributed by atoms with Gasteiger partial charge in [-0.1, -0.05) is 33.6 Å². The molecule has 0 aliphatic carbocycles. The van der Waals surface area contributed by atoms with Crippen molar-refractivity contribution in [3.8, 4) is 0 Å². The van der Waals surface area contributed by atoms with Crippen molar-refractivity contribution in [1.29, 1.82) is 0 Å². The quantitative estimate of drug-likeness (QED) is 0.625. The molecule has 1 nitrogen and oxygen atoms in total. The molecule has 74 valence electrons. The van der Waals surface area contributed by atoms with Gasteiger partial charge in [-0.25, -0.2) is 0 Å². The molecular weight excluding hydrogens is 148 g/mol. The molecule has 0 bridgehead atoms. The second-order valence-corrected chi connectivity index (χ2v) is 4.15. The fraction of sp³-hybridized carbons (Fsp3) is 1.00. The van der Waals surface area contributed by atoms with E-state index in [4.69, 9.17) is 5.11 Å². The molecule has 1 N–H and O–H groups in total. The van der Waals surface area contributed by atoms with Crippen molar-refractivity contribution in [1.82, 2.24) is 0 Å². The fourth-order valence-electron chi connectivity index (χ4n) is 1.83. The summed E-state index contributed by atoms with van der Waals surface area (Å²) >= 11 is 0. The van der Waals surface area contributed by atoms with Gasteiger partial charge in [-0.05, 0) is 31.1 Å². The van der Waals surface area contributed by atoms with Crippen LogP contribution >= 0.6 is 0 Å². The highest BCUT2D eigenvalue weighted by Crippen LogP contribution is 2.21. The Morgan fingerprint density at radius 3 is 2.25 bits per heavy atom. The third-order valence-corrected chi connectivity index (χ3v) is 2.27. The number of aliphatic hydroxyl groups excluding tert-OH is 1. The highest BCUT2D eigenvalue weighted by Gasteiger charge is 2.08. The molecule has 0 saturated heterocycles. The van der Waals surface area contributed by atoms with Crippen LogP contribution in [-0.2, 0) is 0 Å². The first kappa shape index (κ1) is 12.0. The van der Waals surface area contributed by atoms with Crippen molar-refractivity contribution in [2.24, 2.45) is 11.8 Å². The molecule has 0 saturated carbocycles. The average Bonchev–Trinajstić information content (AvgIpc) is 2.00. The predicted molar refractivity (Wildman–Crippen MR) is 54.2 cm³/mol. The van der Waals surface area contributed by atoms with E-state index in [9.17, 15) is 0 Å². The summed E-state index contributed by atoms with van der Waals surface area (Å²) in [6.45, 7) is 7.16. The maximum absolute atomic E-state index is 8.72. The topological polar surface area (TPSA) is 20.2 Å². The van der Waals surface area contributed by atoms with Crippen LogP contribution in [-0.4, -0.2) is 11.7 Å². The maximum Gasteiger partial charge on any atom is 0.0431 e. The zero-order chi connectivity index (χ0) is 9.40. The Kier molecular flexibility index (Phi) is 7.58. The Morgan fingerprint density at radius 1 is 1.17 bits per heavy atom. The Morgan fingerprint density at radius 2 is 1.83 bits per heavy atom. The van der Waals surface area contributed by atoms with Crippen LogP contribution in [0.25, 0.3) is 0 Å². The van der Waals surface area contributed by atoms with E-state index in [1.54, 1.807) is 0 Å². The number of hydrogen-bond donors (Lipinski definition) is 1. The standard InChI is InChI=1S/C11H24O/c1-4-6-11(7-5-8-12)9-10(2)3/h10-12H,4-9H2,1-3H3/t11-/m0/s1. The molecule has 0 fully saturated rings. The smallest absolute Gasteiger partial charge is 0.0431 e. The van der Waals surface area contributed by atoms with Crippen molar-refractivity contribution in [2.75, 3.05) is 6.61 Å². The lowest BCUT2D eigenvalue weighted by Gasteiger charge is -2.17. The van der Waals surface area contributed by atoms with Gasteiger partial charge in [0.2, 0.25) is 0 Å². The summed E-state index contributed by atoms with van der Waals surface area (Å²) in [6, 6.07) is 0. The van der Waals surface area contributed by atoms with Crippen LogP contribution in [0.15, 0.2) is 0 Å². The number of hydrogen-bond acceptors (Lipinski definition) is 1. The van der Waals surface area contributed by atoms with Gasteiger partial charge in [0.1, 0.15) is 0 Å². The van der Waals surface area contributed by atoms with Crippen molar-refractivity contribution in [3.63, 3.8) is 0 Å². The third kappa shape index (κ3) is 6.66. The summed E-state index contributed by atoms with van der Waals surface area (Å²) in [7, 11) is 0. The summed E-state index contributed by atoms with van der Waals surface area (Å²) in [5, 5.41) is 8.72. The molecule has 0 aromatic carbocycles. The first-order valence-corrected chi connectivity index (χ1v) is 5.31. The van der Waals surface area contributed by atoms with E-state index in [2.05, 4.69) is 20.8 Å². The first-order valence-electron chi connectivity index (χ1n) is 5.31. The molecule has 0 aliphatic rings. The van der Waals surface area contributed by atoms with Crippen LogP contribution in [0.3, 0.4) is 0 Å². The van der Waals surface area contributed by atoms with Crippen LogP contribution in [0.5, 0.6) is 0 Å². The molecule has 0 spiro atoms. The Labute approximate surface area is 77.2 Å². The van der Waals surface area contributed by atoms with Crippen molar-refractivity contribution in [2.45, 2.75) is 52.9 Å². The maximum atomic E-state index is 8.72. The lowest BCUT2D eigenvalue weighted by molar-refractivity contribution is 0.258. The van der Waals surface area contributed by atoms with Gasteiger partial charge in [-0.3, -0.25) is 0 Å². The van der Waals surface area contributed by atoms with E-state index in [-0.39, 0.29) is 0 Å². The van der Waals surface area contributed by atoms with Crippen LogP contribution in [0, 0.1) is 11.8 Å². The summed E-state index contributed by atoms with van der Waals surface area (Å²) in [5.74, 6) is 1.65. The van der Waals surface area contributed by atoms with Gasteiger partial charge in [0.25, 0.3) is 0 Å². The van der Waals surface area contributed by atoms with E-state index in [0.717, 1.165) is 18.3 Å². The molecule has 0 amide bonds. The highest BCUT2D eigenvalue weighted by molar-refractivity contribution is 4.61. The Bertz CT molecular complexity index is 89.0. The van der Waals surface area contributed by atoms with Gasteiger partial charge >= 0.3 is 0 Å². The van der Waals surface area contributed by atoms with E-state index in [1.165, 1.54) is 25.7 Å². The summed E-state index contributed by atoms with van der Waals surface area (Å²) in [5.41, 5.74) is 0. The largest absolute Gasteiger partial charge is 0.396 e. The van der Waals surface area contributed by atoms with Crippen LogP contribution < -0.4 is 0 Å². The molecule has 0 rings (SSSR count). The minimum Gasteiger partial charge on any atom is -0.396 e. The zero-order valence-electron chi connectivity index (χ0n) is 8.84. The molecular formula is C11H24O. The lowest BCUT2D eigenvalue weighted by Crippen LogP contribution is -2.05. The second-order valence-electron chi connectivity index (χ2n) is 4.15. The minimum atomic E-state index is 0.359. The Hall–Kier alpha value is -0.0400. The van der Waals surface area contributed by atoms with E-state index in [0.29, 0.717) is 6.61 Å². The van der Waals surface area contributed by atoms with Gasteiger partial charge < -0.3 is 5.11 Å². The predicted octanol–water partition coefficient (Wildman–Crippen LogP) is 3.22. The van der Waals surface area contributed by atoms with Crippen LogP contribution in [0.1, 0.15) is 52.9 Å². The normalized spacial score (nSPS) is 13.8. The molecule has 0 aromatic heterocycles. The van der Waals surface area contributed by atoms with E-state index in [1.807, 2.05) is 0 Å². The van der Waals surface area contributed by atoms with Crippen LogP contribution in [0.2, 0.25) is 0 Å². The van der Waals surface area contributed by atoms with Crippen molar-refractivity contribution in [3.05, 3.63) is 0 Å². The van der Waals surface area contributed by atoms with Gasteiger partial charge in [0, 0.05) is 6.61 Å². The summed E-state index contributed by atoms with van der Waals surface area (Å²) < 4.78 is 0. The summed E-state index contributed by atoms with van der Waals surface area (Å²) in [4.78, 5) is 0. The highest BCUT2D eigenvalue weighted by atomic mass is 16.2. The SMILES string of the molecule is CCC[C@@H](CCCO)CC(C)C. The molecule has 0 radical (unpaired) electrons. The van der Waals surface area contributed by atoms with Crippen molar-refractivity contribution < 1.29 is 5.11 Å². The zero-order valence-corrected chi connectivity index (χ0v) is 8.84. The molecule has 0 aliphatic heterocycles. The molecule has 0 heterocycles. The third-order valence-electron chi connectivity index (χ3n) is 2.27. The molecule has 1 heteroatoms. The minimum absolute atomic E-state index is 0.359. The van der Waals surface area contributed by atoms with E-state index < -0.39 is 0 Å². The summed E-state index contributed by atoms with van der Waals surface area (Å²) in [6.07, 6.45) is 6.13. The number of aliphatic hydroxyl groups is 1. The van der Waals surface area contributed by atoms with Gasteiger partial charge in [0.05, 0.1) is 0 Å². The lowest BCUT2D eigenvalue weighted by atomic mass is 9.89. The molecule has 0 aromatic rings. The average molecular weight is 172 g/mol. The van der Waals surface area contributed by atoms with Crippen LogP contribution in [0.4, 0.5) is 0 Å². The monoisotopic (exact) mass is 172 g/mol. The van der Waals surface area contributed by atoms with Crippen molar-refractivity contribution >= 4 is 0 Å². The molecule has 0 unspecified atom stereocenters. The Balaban J connectivity index is 3.54. The second kappa shape index (κ2) is 7.60. The van der Waals surface area contributed by atoms with Gasteiger partial charge in [0.15, 0.2) is 0 Å².